The molecule has 3 nitrogen and oxygen atoms in total. The first-order valence-electron chi connectivity index (χ1n) is 4.49. The van der Waals surface area contributed by atoms with E-state index in [-0.39, 0.29) is 5.82 Å². The van der Waals surface area contributed by atoms with Gasteiger partial charge < -0.3 is 0 Å². The molecule has 1 fully saturated rings. The summed E-state index contributed by atoms with van der Waals surface area (Å²) < 4.78 is 13.2. The summed E-state index contributed by atoms with van der Waals surface area (Å²) in [5, 5.41) is 1.78. The van der Waals surface area contributed by atoms with E-state index in [0.29, 0.717) is 5.82 Å². The van der Waals surface area contributed by atoms with Crippen LogP contribution in [0, 0.1) is 5.82 Å². The first kappa shape index (κ1) is 8.44. The van der Waals surface area contributed by atoms with Gasteiger partial charge >= 0.3 is 0 Å². The highest BCUT2D eigenvalue weighted by molar-refractivity contribution is 5.38. The SMILES string of the molecule is Fc1cccnc1N1CCCCN1. The minimum Gasteiger partial charge on any atom is -0.290 e. The van der Waals surface area contributed by atoms with Crippen LogP contribution in [0.15, 0.2) is 18.3 Å². The summed E-state index contributed by atoms with van der Waals surface area (Å²) in [7, 11) is 0. The van der Waals surface area contributed by atoms with Crippen molar-refractivity contribution in [3.8, 4) is 0 Å². The van der Waals surface area contributed by atoms with Gasteiger partial charge in [-0.2, -0.15) is 0 Å². The van der Waals surface area contributed by atoms with E-state index in [2.05, 4.69) is 10.4 Å². The largest absolute Gasteiger partial charge is 0.290 e. The predicted molar refractivity (Wildman–Crippen MR) is 48.8 cm³/mol. The molecule has 0 aromatic carbocycles. The number of hydrazine groups is 1. The Labute approximate surface area is 76.6 Å². The van der Waals surface area contributed by atoms with E-state index in [9.17, 15) is 4.39 Å². The number of halogens is 1. The van der Waals surface area contributed by atoms with Gasteiger partial charge in [0.2, 0.25) is 0 Å². The number of nitrogens with one attached hydrogen (secondary N) is 1. The fraction of sp³-hybridized carbons (Fsp3) is 0.444. The lowest BCUT2D eigenvalue weighted by Gasteiger charge is -2.28. The molecule has 1 aromatic heterocycles. The lowest BCUT2D eigenvalue weighted by Crippen LogP contribution is -2.44. The van der Waals surface area contributed by atoms with E-state index in [1.807, 2.05) is 0 Å². The van der Waals surface area contributed by atoms with Crippen LogP contribution in [0.25, 0.3) is 0 Å². The molecule has 1 N–H and O–H groups in total. The van der Waals surface area contributed by atoms with Crippen molar-refractivity contribution in [3.63, 3.8) is 0 Å². The summed E-state index contributed by atoms with van der Waals surface area (Å²) in [4.78, 5) is 3.99. The van der Waals surface area contributed by atoms with Crippen molar-refractivity contribution >= 4 is 5.82 Å². The third-order valence-electron chi connectivity index (χ3n) is 2.11. The Morgan fingerprint density at radius 1 is 1.46 bits per heavy atom. The summed E-state index contributed by atoms with van der Waals surface area (Å²) in [5.74, 6) is 0.138. The molecule has 0 aliphatic carbocycles. The van der Waals surface area contributed by atoms with Gasteiger partial charge in [-0.3, -0.25) is 5.01 Å². The second-order valence-corrected chi connectivity index (χ2v) is 3.08. The minimum absolute atomic E-state index is 0.267. The van der Waals surface area contributed by atoms with Gasteiger partial charge in [-0.1, -0.05) is 0 Å². The maximum Gasteiger partial charge on any atom is 0.179 e. The molecular weight excluding hydrogens is 169 g/mol. The maximum absolute atomic E-state index is 13.2. The Balaban J connectivity index is 2.18. The molecule has 0 spiro atoms. The summed E-state index contributed by atoms with van der Waals surface area (Å²) in [6.07, 6.45) is 3.84. The number of aromatic nitrogens is 1. The first-order chi connectivity index (χ1) is 6.38. The Kier molecular flexibility index (Phi) is 2.40. The van der Waals surface area contributed by atoms with Crippen molar-refractivity contribution < 1.29 is 4.39 Å². The zero-order chi connectivity index (χ0) is 9.10. The molecule has 0 radical (unpaired) electrons. The Morgan fingerprint density at radius 3 is 3.08 bits per heavy atom. The minimum atomic E-state index is -0.267. The lowest BCUT2D eigenvalue weighted by molar-refractivity contribution is 0.493. The Morgan fingerprint density at radius 2 is 2.38 bits per heavy atom. The van der Waals surface area contributed by atoms with Gasteiger partial charge in [-0.15, -0.1) is 0 Å². The molecule has 2 heterocycles. The van der Waals surface area contributed by atoms with Crippen LogP contribution >= 0.6 is 0 Å². The molecule has 1 aliphatic heterocycles. The van der Waals surface area contributed by atoms with Gasteiger partial charge in [0.1, 0.15) is 0 Å². The van der Waals surface area contributed by atoms with Crippen LogP contribution in [-0.2, 0) is 0 Å². The molecule has 1 aromatic rings. The molecule has 2 rings (SSSR count). The quantitative estimate of drug-likeness (QED) is 0.708. The number of nitrogens with zero attached hydrogens (tertiary/aromatic N) is 2. The molecule has 0 saturated carbocycles. The third kappa shape index (κ3) is 1.78. The smallest absolute Gasteiger partial charge is 0.179 e. The molecule has 0 amide bonds. The van der Waals surface area contributed by atoms with Crippen LogP contribution in [-0.4, -0.2) is 18.1 Å². The van der Waals surface area contributed by atoms with E-state index in [1.54, 1.807) is 17.3 Å². The van der Waals surface area contributed by atoms with Gasteiger partial charge in [0.15, 0.2) is 11.6 Å². The van der Waals surface area contributed by atoms with Crippen LogP contribution in [0.4, 0.5) is 10.2 Å². The van der Waals surface area contributed by atoms with Crippen molar-refractivity contribution in [3.05, 3.63) is 24.1 Å². The third-order valence-corrected chi connectivity index (χ3v) is 2.11. The highest BCUT2D eigenvalue weighted by Gasteiger charge is 2.14. The molecule has 0 bridgehead atoms. The van der Waals surface area contributed by atoms with Gasteiger partial charge in [-0.25, -0.2) is 14.8 Å². The van der Waals surface area contributed by atoms with Crippen LogP contribution in [0.2, 0.25) is 0 Å². The predicted octanol–water partition coefficient (Wildman–Crippen LogP) is 1.33. The van der Waals surface area contributed by atoms with E-state index in [4.69, 9.17) is 0 Å². The first-order valence-corrected chi connectivity index (χ1v) is 4.49. The van der Waals surface area contributed by atoms with Crippen LogP contribution < -0.4 is 10.4 Å². The van der Waals surface area contributed by atoms with E-state index < -0.39 is 0 Å². The molecule has 13 heavy (non-hydrogen) atoms. The van der Waals surface area contributed by atoms with Crippen LogP contribution in [0.5, 0.6) is 0 Å². The van der Waals surface area contributed by atoms with E-state index in [0.717, 1.165) is 25.9 Å². The molecule has 70 valence electrons. The van der Waals surface area contributed by atoms with Crippen molar-refractivity contribution in [2.75, 3.05) is 18.1 Å². The van der Waals surface area contributed by atoms with Gasteiger partial charge in [0.05, 0.1) is 0 Å². The average Bonchev–Trinajstić information content (AvgIpc) is 2.20. The van der Waals surface area contributed by atoms with Crippen molar-refractivity contribution in [2.45, 2.75) is 12.8 Å². The zero-order valence-corrected chi connectivity index (χ0v) is 7.33. The fourth-order valence-electron chi connectivity index (χ4n) is 1.44. The molecule has 0 unspecified atom stereocenters. The number of hydrogen-bond acceptors (Lipinski definition) is 3. The Bertz CT molecular complexity index is 284. The van der Waals surface area contributed by atoms with Gasteiger partial charge in [-0.05, 0) is 25.0 Å². The number of pyridine rings is 1. The van der Waals surface area contributed by atoms with Gasteiger partial charge in [0, 0.05) is 19.3 Å². The standard InChI is InChI=1S/C9H12FN3/c10-8-4-3-5-11-9(8)13-7-2-1-6-12-13/h3-5,12H,1-2,6-7H2. The summed E-state index contributed by atoms with van der Waals surface area (Å²) in [5.41, 5.74) is 3.11. The van der Waals surface area contributed by atoms with Crippen LogP contribution in [0.1, 0.15) is 12.8 Å². The fourth-order valence-corrected chi connectivity index (χ4v) is 1.44. The van der Waals surface area contributed by atoms with Crippen LogP contribution in [0.3, 0.4) is 0 Å². The molecular formula is C9H12FN3. The maximum atomic E-state index is 13.2. The monoisotopic (exact) mass is 181 g/mol. The molecule has 1 aliphatic rings. The van der Waals surface area contributed by atoms with E-state index >= 15 is 0 Å². The Hall–Kier alpha value is -1.16. The van der Waals surface area contributed by atoms with E-state index in [1.165, 1.54) is 6.07 Å². The second kappa shape index (κ2) is 3.70. The highest BCUT2D eigenvalue weighted by Crippen LogP contribution is 2.15. The zero-order valence-electron chi connectivity index (χ0n) is 7.33. The highest BCUT2D eigenvalue weighted by atomic mass is 19.1. The normalized spacial score (nSPS) is 17.5. The summed E-state index contributed by atoms with van der Waals surface area (Å²) in [6, 6.07) is 3.03. The lowest BCUT2D eigenvalue weighted by atomic mass is 10.2. The molecule has 1 saturated heterocycles. The van der Waals surface area contributed by atoms with Crippen molar-refractivity contribution in [2.24, 2.45) is 0 Å². The van der Waals surface area contributed by atoms with Crippen molar-refractivity contribution in [1.82, 2.24) is 10.4 Å². The molecule has 0 atom stereocenters. The second-order valence-electron chi connectivity index (χ2n) is 3.08. The number of rotatable bonds is 1. The average molecular weight is 181 g/mol. The summed E-state index contributed by atoms with van der Waals surface area (Å²) in [6.45, 7) is 1.73. The number of anilines is 1. The number of hydrogen-bond donors (Lipinski definition) is 1. The van der Waals surface area contributed by atoms with Gasteiger partial charge in [0.25, 0.3) is 0 Å². The molecule has 4 heteroatoms. The van der Waals surface area contributed by atoms with Crippen molar-refractivity contribution in [1.29, 1.82) is 0 Å². The topological polar surface area (TPSA) is 28.2 Å². The summed E-state index contributed by atoms with van der Waals surface area (Å²) >= 11 is 0.